The first-order chi connectivity index (χ1) is 5.61. The summed E-state index contributed by atoms with van der Waals surface area (Å²) in [7, 11) is 4.10. The van der Waals surface area contributed by atoms with Crippen LogP contribution in [0.4, 0.5) is 0 Å². The Morgan fingerprint density at radius 2 is 1.67 bits per heavy atom. The second-order valence-electron chi connectivity index (χ2n) is 3.90. The van der Waals surface area contributed by atoms with Gasteiger partial charge in [-0.15, -0.1) is 0 Å². The topological polar surface area (TPSA) is 21.7 Å². The van der Waals surface area contributed by atoms with Gasteiger partial charge in [0.25, 0.3) is 0 Å². The van der Waals surface area contributed by atoms with Crippen molar-refractivity contribution in [1.29, 1.82) is 0 Å². The second-order valence-corrected chi connectivity index (χ2v) is 3.90. The molecule has 0 bridgehead atoms. The molecule has 0 N–H and O–H groups in total. The molecule has 0 radical (unpaired) electrons. The van der Waals surface area contributed by atoms with Crippen LogP contribution in [0.5, 0.6) is 0 Å². The largest absolute Gasteiger partial charge is 0.351 e. The maximum absolute atomic E-state index is 5.55. The van der Waals surface area contributed by atoms with Crippen LogP contribution in [-0.2, 0) is 9.47 Å². The molecule has 1 rings (SSSR count). The normalized spacial score (nSPS) is 31.5. The van der Waals surface area contributed by atoms with Crippen molar-refractivity contribution >= 4 is 0 Å². The molecule has 0 aromatic heterocycles. The zero-order chi connectivity index (χ0) is 9.14. The molecule has 3 nitrogen and oxygen atoms in total. The Hall–Kier alpha value is -0.120. The molecule has 1 heterocycles. The van der Waals surface area contributed by atoms with E-state index in [1.165, 1.54) is 0 Å². The van der Waals surface area contributed by atoms with Gasteiger partial charge in [0, 0.05) is 5.92 Å². The van der Waals surface area contributed by atoms with Crippen LogP contribution in [0.25, 0.3) is 0 Å². The van der Waals surface area contributed by atoms with Gasteiger partial charge in [-0.3, -0.25) is 0 Å². The van der Waals surface area contributed by atoms with E-state index in [0.717, 1.165) is 13.2 Å². The molecular formula is C9H19NO2. The van der Waals surface area contributed by atoms with Gasteiger partial charge in [-0.1, -0.05) is 13.8 Å². The smallest absolute Gasteiger partial charge is 0.159 e. The molecule has 0 amide bonds. The van der Waals surface area contributed by atoms with Gasteiger partial charge in [-0.25, -0.2) is 0 Å². The molecule has 72 valence electrons. The fourth-order valence-electron chi connectivity index (χ4n) is 1.19. The molecule has 1 fully saturated rings. The first-order valence-electron chi connectivity index (χ1n) is 4.51. The second kappa shape index (κ2) is 4.21. The van der Waals surface area contributed by atoms with E-state index in [0.29, 0.717) is 12.0 Å². The van der Waals surface area contributed by atoms with Crippen LogP contribution in [0.15, 0.2) is 0 Å². The molecule has 1 aliphatic rings. The molecule has 0 saturated carbocycles. The summed E-state index contributed by atoms with van der Waals surface area (Å²) in [5.41, 5.74) is 0. The number of hydrogen-bond donors (Lipinski definition) is 0. The van der Waals surface area contributed by atoms with Gasteiger partial charge in [-0.05, 0) is 14.1 Å². The molecular weight excluding hydrogens is 154 g/mol. The van der Waals surface area contributed by atoms with E-state index in [2.05, 4.69) is 18.7 Å². The summed E-state index contributed by atoms with van der Waals surface area (Å²) in [5.74, 6) is 0.452. The number of likely N-dealkylation sites (N-methyl/N-ethyl adjacent to an activating group) is 1. The summed E-state index contributed by atoms with van der Waals surface area (Å²) in [6.45, 7) is 5.80. The Kier molecular flexibility index (Phi) is 3.50. The first kappa shape index (κ1) is 9.96. The van der Waals surface area contributed by atoms with Crippen LogP contribution < -0.4 is 0 Å². The van der Waals surface area contributed by atoms with E-state index < -0.39 is 0 Å². The molecule has 3 heteroatoms. The molecule has 0 unspecified atom stereocenters. The summed E-state index contributed by atoms with van der Waals surface area (Å²) in [6.07, 6.45) is 0.00111. The minimum absolute atomic E-state index is 0.00111. The van der Waals surface area contributed by atoms with E-state index in [9.17, 15) is 0 Å². The van der Waals surface area contributed by atoms with E-state index in [-0.39, 0.29) is 6.29 Å². The molecule has 0 spiro atoms. The Morgan fingerprint density at radius 3 is 2.00 bits per heavy atom. The zero-order valence-electron chi connectivity index (χ0n) is 8.41. The molecule has 1 aliphatic heterocycles. The highest BCUT2D eigenvalue weighted by molar-refractivity contribution is 4.69. The third-order valence-electron chi connectivity index (χ3n) is 2.18. The first-order valence-corrected chi connectivity index (χ1v) is 4.51. The van der Waals surface area contributed by atoms with E-state index in [1.54, 1.807) is 0 Å². The highest BCUT2D eigenvalue weighted by Gasteiger charge is 2.25. The zero-order valence-corrected chi connectivity index (χ0v) is 8.41. The van der Waals surface area contributed by atoms with Crippen molar-refractivity contribution in [1.82, 2.24) is 4.90 Å². The van der Waals surface area contributed by atoms with Gasteiger partial charge in [0.1, 0.15) is 0 Å². The van der Waals surface area contributed by atoms with Gasteiger partial charge >= 0.3 is 0 Å². The van der Waals surface area contributed by atoms with Crippen molar-refractivity contribution in [2.45, 2.75) is 26.2 Å². The molecule has 1 saturated heterocycles. The SMILES string of the molecule is CC(C)C1OCC(N(C)C)CO1. The van der Waals surface area contributed by atoms with Crippen LogP contribution in [0, 0.1) is 5.92 Å². The lowest BCUT2D eigenvalue weighted by Gasteiger charge is -2.34. The van der Waals surface area contributed by atoms with Crippen molar-refractivity contribution in [2.75, 3.05) is 27.3 Å². The average molecular weight is 173 g/mol. The van der Waals surface area contributed by atoms with Crippen LogP contribution >= 0.6 is 0 Å². The fraction of sp³-hybridized carbons (Fsp3) is 1.00. The van der Waals surface area contributed by atoms with E-state index >= 15 is 0 Å². The van der Waals surface area contributed by atoms with Gasteiger partial charge in [0.2, 0.25) is 0 Å². The average Bonchev–Trinajstić information content (AvgIpc) is 2.04. The van der Waals surface area contributed by atoms with Gasteiger partial charge in [0.05, 0.1) is 19.3 Å². The number of rotatable bonds is 2. The minimum Gasteiger partial charge on any atom is -0.351 e. The Balaban J connectivity index is 2.30. The molecule has 0 aromatic carbocycles. The van der Waals surface area contributed by atoms with Crippen LogP contribution in [0.1, 0.15) is 13.8 Å². The maximum Gasteiger partial charge on any atom is 0.159 e. The standard InChI is InChI=1S/C9H19NO2/c1-7(2)9-11-5-8(6-12-9)10(3)4/h7-9H,5-6H2,1-4H3. The van der Waals surface area contributed by atoms with Crippen LogP contribution in [0.2, 0.25) is 0 Å². The van der Waals surface area contributed by atoms with Gasteiger partial charge in [-0.2, -0.15) is 0 Å². The monoisotopic (exact) mass is 173 g/mol. The van der Waals surface area contributed by atoms with E-state index in [1.807, 2.05) is 14.1 Å². The summed E-state index contributed by atoms with van der Waals surface area (Å²) in [6, 6.07) is 0.417. The molecule has 0 atom stereocenters. The number of hydrogen-bond acceptors (Lipinski definition) is 3. The van der Waals surface area contributed by atoms with Crippen molar-refractivity contribution in [3.63, 3.8) is 0 Å². The molecule has 12 heavy (non-hydrogen) atoms. The van der Waals surface area contributed by atoms with Crippen molar-refractivity contribution < 1.29 is 9.47 Å². The van der Waals surface area contributed by atoms with Crippen LogP contribution in [0.3, 0.4) is 0 Å². The lowest BCUT2D eigenvalue weighted by molar-refractivity contribution is -0.219. The molecule has 0 aromatic rings. The highest BCUT2D eigenvalue weighted by atomic mass is 16.7. The minimum atomic E-state index is 0.00111. The van der Waals surface area contributed by atoms with Crippen molar-refractivity contribution in [2.24, 2.45) is 5.92 Å². The van der Waals surface area contributed by atoms with Gasteiger partial charge in [0.15, 0.2) is 6.29 Å². The quantitative estimate of drug-likeness (QED) is 0.620. The summed E-state index contributed by atoms with van der Waals surface area (Å²) < 4.78 is 11.1. The van der Waals surface area contributed by atoms with Crippen molar-refractivity contribution in [3.8, 4) is 0 Å². The predicted octanol–water partition coefficient (Wildman–Crippen LogP) is 0.946. The third kappa shape index (κ3) is 2.44. The Labute approximate surface area is 74.6 Å². The number of nitrogens with zero attached hydrogens (tertiary/aromatic N) is 1. The van der Waals surface area contributed by atoms with Gasteiger partial charge < -0.3 is 14.4 Å². The fourth-order valence-corrected chi connectivity index (χ4v) is 1.19. The lowest BCUT2D eigenvalue weighted by Crippen LogP contribution is -2.45. The Bertz CT molecular complexity index is 112. The van der Waals surface area contributed by atoms with Crippen molar-refractivity contribution in [3.05, 3.63) is 0 Å². The molecule has 0 aliphatic carbocycles. The summed E-state index contributed by atoms with van der Waals surface area (Å²) in [4.78, 5) is 2.14. The highest BCUT2D eigenvalue weighted by Crippen LogP contribution is 2.15. The summed E-state index contributed by atoms with van der Waals surface area (Å²) in [5, 5.41) is 0. The number of ether oxygens (including phenoxy) is 2. The third-order valence-corrected chi connectivity index (χ3v) is 2.18. The summed E-state index contributed by atoms with van der Waals surface area (Å²) >= 11 is 0. The van der Waals surface area contributed by atoms with Crippen LogP contribution in [-0.4, -0.2) is 44.5 Å². The predicted molar refractivity (Wildman–Crippen MR) is 48.0 cm³/mol. The van der Waals surface area contributed by atoms with E-state index in [4.69, 9.17) is 9.47 Å². The maximum atomic E-state index is 5.55. The lowest BCUT2D eigenvalue weighted by atomic mass is 10.2. The Morgan fingerprint density at radius 1 is 1.17 bits per heavy atom.